The highest BCUT2D eigenvalue weighted by Crippen LogP contribution is 2.53. The van der Waals surface area contributed by atoms with Crippen molar-refractivity contribution in [2.24, 2.45) is 10.8 Å². The minimum Gasteiger partial charge on any atom is -0.481 e. The van der Waals surface area contributed by atoms with E-state index in [0.29, 0.717) is 12.8 Å². The Bertz CT molecular complexity index is 620. The molecule has 0 bridgehead atoms. The molecule has 1 aliphatic carbocycles. The van der Waals surface area contributed by atoms with Crippen LogP contribution >= 0.6 is 9.12 Å². The Hall–Kier alpha value is -1.54. The number of aliphatic carboxylic acids is 1. The van der Waals surface area contributed by atoms with Gasteiger partial charge in [0.25, 0.3) is 0 Å². The van der Waals surface area contributed by atoms with Gasteiger partial charge in [-0.25, -0.2) is 0 Å². The quantitative estimate of drug-likeness (QED) is 0.617. The largest absolute Gasteiger partial charge is 0.481 e. The van der Waals surface area contributed by atoms with Crippen molar-refractivity contribution in [1.29, 1.82) is 0 Å². The number of ketones is 1. The Labute approximate surface area is 146 Å². The average Bonchev–Trinajstić information content (AvgIpc) is 2.99. The van der Waals surface area contributed by atoms with Gasteiger partial charge < -0.3 is 5.11 Å². The Morgan fingerprint density at radius 1 is 1.04 bits per heavy atom. The van der Waals surface area contributed by atoms with Crippen LogP contribution in [-0.4, -0.2) is 16.9 Å². The Kier molecular flexibility index (Phi) is 6.46. The molecule has 1 aromatic carbocycles. The van der Waals surface area contributed by atoms with Gasteiger partial charge in [0, 0.05) is 11.0 Å². The third kappa shape index (κ3) is 3.30. The van der Waals surface area contributed by atoms with Gasteiger partial charge in [0.2, 0.25) is 0 Å². The predicted molar refractivity (Wildman–Crippen MR) is 96.3 cm³/mol. The molecule has 132 valence electrons. The summed E-state index contributed by atoms with van der Waals surface area (Å²) in [7, 11) is 1.72. The van der Waals surface area contributed by atoms with Gasteiger partial charge in [0.05, 0.1) is 5.41 Å². The Morgan fingerprint density at radius 3 is 1.83 bits per heavy atom. The van der Waals surface area contributed by atoms with Crippen LogP contribution in [0, 0.1) is 31.6 Å². The molecular weight excluding hydrogens is 323 g/mol. The van der Waals surface area contributed by atoms with Crippen LogP contribution in [0.5, 0.6) is 0 Å². The molecular formula is C19H27O4P. The molecule has 0 heterocycles. The normalized spacial score (nSPS) is 16.2. The highest BCUT2D eigenvalue weighted by Gasteiger charge is 2.56. The first-order valence-corrected chi connectivity index (χ1v) is 8.61. The van der Waals surface area contributed by atoms with Crippen molar-refractivity contribution in [2.45, 2.75) is 60.3 Å². The molecule has 24 heavy (non-hydrogen) atoms. The second-order valence-corrected chi connectivity index (χ2v) is 7.32. The molecule has 1 aromatic rings. The van der Waals surface area contributed by atoms with Gasteiger partial charge in [0.15, 0.2) is 5.78 Å². The number of carbonyl (C=O) groups is 2. The minimum atomic E-state index is -1.05. The number of carboxylic acids is 1. The average molecular weight is 350 g/mol. The van der Waals surface area contributed by atoms with Gasteiger partial charge in [-0.1, -0.05) is 30.5 Å². The van der Waals surface area contributed by atoms with Crippen LogP contribution in [0.15, 0.2) is 12.1 Å². The third-order valence-electron chi connectivity index (χ3n) is 5.53. The fourth-order valence-electron chi connectivity index (χ4n) is 4.10. The third-order valence-corrected chi connectivity index (χ3v) is 5.53. The molecule has 1 N–H and O–H groups in total. The summed E-state index contributed by atoms with van der Waals surface area (Å²) in [5.74, 6) is -0.863. The second kappa shape index (κ2) is 7.57. The number of carbonyl (C=O) groups excluding carboxylic acids is 1. The molecule has 0 aliphatic heterocycles. The number of aryl methyl sites for hydroxylation is 3. The van der Waals surface area contributed by atoms with E-state index in [-0.39, 0.29) is 5.78 Å². The lowest BCUT2D eigenvalue weighted by Gasteiger charge is -2.40. The monoisotopic (exact) mass is 350 g/mol. The van der Waals surface area contributed by atoms with Crippen molar-refractivity contribution in [3.63, 3.8) is 0 Å². The number of carboxylic acid groups (broad SMARTS) is 1. The SMILES string of the molecule is Cc1cc(C)c(C(=O)C2(C(C)(C)C(=O)O)CCCC2)c(C)c1.O=P. The maximum atomic E-state index is 13.4. The summed E-state index contributed by atoms with van der Waals surface area (Å²) in [4.78, 5) is 25.2. The summed E-state index contributed by atoms with van der Waals surface area (Å²) < 4.78 is 8.06. The van der Waals surface area contributed by atoms with Crippen LogP contribution < -0.4 is 0 Å². The smallest absolute Gasteiger partial charge is 0.310 e. The van der Waals surface area contributed by atoms with E-state index in [2.05, 4.69) is 0 Å². The summed E-state index contributed by atoms with van der Waals surface area (Å²) in [6.07, 6.45) is 3.18. The van der Waals surface area contributed by atoms with E-state index in [1.807, 2.05) is 32.9 Å². The highest BCUT2D eigenvalue weighted by molar-refractivity contribution is 7.00. The molecule has 1 fully saturated rings. The van der Waals surface area contributed by atoms with Crippen molar-refractivity contribution >= 4 is 20.9 Å². The predicted octanol–water partition coefficient (Wildman–Crippen LogP) is 4.94. The maximum absolute atomic E-state index is 13.4. The summed E-state index contributed by atoms with van der Waals surface area (Å²) in [6.45, 7) is 9.32. The molecule has 1 saturated carbocycles. The van der Waals surface area contributed by atoms with Crippen molar-refractivity contribution in [1.82, 2.24) is 0 Å². The first kappa shape index (κ1) is 20.5. The zero-order valence-electron chi connectivity index (χ0n) is 15.2. The zero-order chi connectivity index (χ0) is 18.7. The lowest BCUT2D eigenvalue weighted by atomic mass is 9.60. The number of hydrogen-bond acceptors (Lipinski definition) is 3. The summed E-state index contributed by atoms with van der Waals surface area (Å²) in [6, 6.07) is 4.02. The van der Waals surface area contributed by atoms with Crippen LogP contribution in [0.3, 0.4) is 0 Å². The van der Waals surface area contributed by atoms with Gasteiger partial charge in [-0.3, -0.25) is 14.2 Å². The molecule has 0 amide bonds. The van der Waals surface area contributed by atoms with Gasteiger partial charge in [-0.05, 0) is 58.6 Å². The van der Waals surface area contributed by atoms with Crippen LogP contribution in [-0.2, 0) is 9.36 Å². The summed E-state index contributed by atoms with van der Waals surface area (Å²) >= 11 is 0. The topological polar surface area (TPSA) is 71.4 Å². The van der Waals surface area contributed by atoms with E-state index in [0.717, 1.165) is 35.1 Å². The summed E-state index contributed by atoms with van der Waals surface area (Å²) in [5, 5.41) is 9.69. The number of hydrogen-bond donors (Lipinski definition) is 1. The summed E-state index contributed by atoms with van der Waals surface area (Å²) in [5.41, 5.74) is 1.92. The van der Waals surface area contributed by atoms with Crippen molar-refractivity contribution in [2.75, 3.05) is 0 Å². The minimum absolute atomic E-state index is 0.0207. The van der Waals surface area contributed by atoms with Gasteiger partial charge in [0.1, 0.15) is 9.12 Å². The van der Waals surface area contributed by atoms with Crippen LogP contribution in [0.25, 0.3) is 0 Å². The molecule has 0 atom stereocenters. The maximum Gasteiger partial charge on any atom is 0.310 e. The molecule has 2 rings (SSSR count). The van der Waals surface area contributed by atoms with Gasteiger partial charge in [-0.15, -0.1) is 0 Å². The zero-order valence-corrected chi connectivity index (χ0v) is 16.2. The number of Topliss-reactive ketones (excluding diaryl/α,β-unsaturated/α-hetero) is 1. The van der Waals surface area contributed by atoms with Crippen LogP contribution in [0.2, 0.25) is 0 Å². The first-order valence-electron chi connectivity index (χ1n) is 8.20. The number of benzene rings is 1. The fraction of sp³-hybridized carbons (Fsp3) is 0.579. The lowest BCUT2D eigenvalue weighted by molar-refractivity contribution is -0.153. The standard InChI is InChI=1S/C19H26O3.HOP/c1-12-10-13(2)15(14(3)11-12)16(20)19(8-6-7-9-19)18(4,5)17(21)22;1-2/h10-11H,6-9H2,1-5H3,(H,21,22);2H. The van der Waals surface area contributed by atoms with E-state index in [1.165, 1.54) is 0 Å². The Balaban J connectivity index is 0.00000139. The van der Waals surface area contributed by atoms with E-state index in [1.54, 1.807) is 23.0 Å². The van der Waals surface area contributed by atoms with Gasteiger partial charge >= 0.3 is 5.97 Å². The van der Waals surface area contributed by atoms with Crippen LogP contribution in [0.4, 0.5) is 0 Å². The van der Waals surface area contributed by atoms with Gasteiger partial charge in [-0.2, -0.15) is 0 Å². The highest BCUT2D eigenvalue weighted by atomic mass is 31.0. The van der Waals surface area contributed by atoms with Crippen molar-refractivity contribution in [3.8, 4) is 0 Å². The number of rotatable bonds is 4. The second-order valence-electron chi connectivity index (χ2n) is 7.32. The molecule has 0 radical (unpaired) electrons. The van der Waals surface area contributed by atoms with E-state index in [9.17, 15) is 14.7 Å². The van der Waals surface area contributed by atoms with E-state index >= 15 is 0 Å². The first-order chi connectivity index (χ1) is 11.1. The molecule has 0 aromatic heterocycles. The molecule has 0 saturated heterocycles. The molecule has 4 nitrogen and oxygen atoms in total. The van der Waals surface area contributed by atoms with E-state index < -0.39 is 16.8 Å². The molecule has 1 aliphatic rings. The van der Waals surface area contributed by atoms with E-state index in [4.69, 9.17) is 4.57 Å². The molecule has 0 spiro atoms. The lowest BCUT2D eigenvalue weighted by Crippen LogP contribution is -2.47. The van der Waals surface area contributed by atoms with Crippen LogP contribution in [0.1, 0.15) is 66.6 Å². The van der Waals surface area contributed by atoms with Crippen molar-refractivity contribution in [3.05, 3.63) is 34.4 Å². The fourth-order valence-corrected chi connectivity index (χ4v) is 4.10. The Morgan fingerprint density at radius 2 is 1.46 bits per heavy atom. The van der Waals surface area contributed by atoms with Crippen molar-refractivity contribution < 1.29 is 19.3 Å². The molecule has 5 heteroatoms. The molecule has 0 unspecified atom stereocenters.